The van der Waals surface area contributed by atoms with E-state index >= 15 is 0 Å². The predicted octanol–water partition coefficient (Wildman–Crippen LogP) is 3.41. The van der Waals surface area contributed by atoms with E-state index in [1.807, 2.05) is 0 Å². The lowest BCUT2D eigenvalue weighted by molar-refractivity contribution is -0.137. The van der Waals surface area contributed by atoms with E-state index in [-0.39, 0.29) is 4.75 Å². The van der Waals surface area contributed by atoms with Crippen LogP contribution in [0.4, 0.5) is 19.0 Å². The molecule has 6 heteroatoms. The molecule has 1 aromatic heterocycles. The van der Waals surface area contributed by atoms with Crippen LogP contribution >= 0.6 is 11.8 Å². The van der Waals surface area contributed by atoms with Gasteiger partial charge in [-0.3, -0.25) is 0 Å². The summed E-state index contributed by atoms with van der Waals surface area (Å²) in [6.45, 7) is 0.756. The minimum absolute atomic E-state index is 0.268. The first-order chi connectivity index (χ1) is 7.95. The molecule has 0 unspecified atom stereocenters. The Morgan fingerprint density at radius 3 is 2.53 bits per heavy atom. The summed E-state index contributed by atoms with van der Waals surface area (Å²) in [5.74, 6) is 0.498. The number of halogens is 3. The number of nitrogens with zero attached hydrogens (tertiary/aromatic N) is 1. The van der Waals surface area contributed by atoms with E-state index in [1.54, 1.807) is 11.8 Å². The monoisotopic (exact) mass is 262 g/mol. The molecule has 0 amide bonds. The summed E-state index contributed by atoms with van der Waals surface area (Å²) in [6, 6.07) is 2.42. The molecule has 0 bridgehead atoms. The fourth-order valence-electron chi connectivity index (χ4n) is 1.51. The maximum Gasteiger partial charge on any atom is 0.417 e. The standard InChI is InChI=1S/C11H13F3N2S/c1-17-10(4-5-10)7-16-9-3-2-8(6-15-9)11(12,13)14/h2-3,6H,4-5,7H2,1H3,(H,15,16). The van der Waals surface area contributed by atoms with Crippen molar-refractivity contribution in [2.45, 2.75) is 23.8 Å². The van der Waals surface area contributed by atoms with Crippen molar-refractivity contribution < 1.29 is 13.2 Å². The smallest absolute Gasteiger partial charge is 0.369 e. The lowest BCUT2D eigenvalue weighted by Crippen LogP contribution is -2.18. The minimum Gasteiger partial charge on any atom is -0.369 e. The topological polar surface area (TPSA) is 24.9 Å². The summed E-state index contributed by atoms with van der Waals surface area (Å²) >= 11 is 1.79. The van der Waals surface area contributed by atoms with Crippen LogP contribution in [0, 0.1) is 0 Å². The van der Waals surface area contributed by atoms with Gasteiger partial charge in [0.25, 0.3) is 0 Å². The molecule has 1 aliphatic carbocycles. The first-order valence-corrected chi connectivity index (χ1v) is 6.50. The van der Waals surface area contributed by atoms with Gasteiger partial charge in [-0.15, -0.1) is 0 Å². The molecule has 94 valence electrons. The van der Waals surface area contributed by atoms with Gasteiger partial charge in [0, 0.05) is 17.5 Å². The normalized spacial score (nSPS) is 17.9. The van der Waals surface area contributed by atoms with Gasteiger partial charge in [-0.25, -0.2) is 4.98 Å². The Bertz CT molecular complexity index is 385. The van der Waals surface area contributed by atoms with Gasteiger partial charge in [-0.2, -0.15) is 24.9 Å². The van der Waals surface area contributed by atoms with Crippen LogP contribution < -0.4 is 5.32 Å². The zero-order chi connectivity index (χ0) is 12.5. The molecule has 0 aliphatic heterocycles. The van der Waals surface area contributed by atoms with Crippen molar-refractivity contribution in [3.63, 3.8) is 0 Å². The Morgan fingerprint density at radius 2 is 2.12 bits per heavy atom. The zero-order valence-electron chi connectivity index (χ0n) is 9.34. The number of aromatic nitrogens is 1. The summed E-state index contributed by atoms with van der Waals surface area (Å²) in [4.78, 5) is 3.77. The fourth-order valence-corrected chi connectivity index (χ4v) is 2.24. The van der Waals surface area contributed by atoms with Gasteiger partial charge in [-0.1, -0.05) is 0 Å². The van der Waals surface area contributed by atoms with E-state index in [1.165, 1.54) is 6.07 Å². The van der Waals surface area contributed by atoms with Crippen LogP contribution in [-0.4, -0.2) is 22.5 Å². The van der Waals surface area contributed by atoms with Crippen molar-refractivity contribution in [1.29, 1.82) is 0 Å². The van der Waals surface area contributed by atoms with Crippen molar-refractivity contribution in [2.75, 3.05) is 18.1 Å². The second-order valence-corrected chi connectivity index (χ2v) is 5.44. The number of hydrogen-bond acceptors (Lipinski definition) is 3. The summed E-state index contributed by atoms with van der Waals surface area (Å²) < 4.78 is 37.2. The average molecular weight is 262 g/mol. The largest absolute Gasteiger partial charge is 0.417 e. The molecule has 1 fully saturated rings. The minimum atomic E-state index is -4.32. The van der Waals surface area contributed by atoms with Crippen LogP contribution in [0.3, 0.4) is 0 Å². The van der Waals surface area contributed by atoms with Crippen LogP contribution in [0.1, 0.15) is 18.4 Å². The quantitative estimate of drug-likeness (QED) is 0.900. The maximum absolute atomic E-state index is 12.3. The molecule has 0 atom stereocenters. The van der Waals surface area contributed by atoms with E-state index in [2.05, 4.69) is 16.6 Å². The summed E-state index contributed by atoms with van der Waals surface area (Å²) in [5, 5.41) is 3.08. The number of hydrogen-bond donors (Lipinski definition) is 1. The molecule has 0 aromatic carbocycles. The second-order valence-electron chi connectivity index (χ2n) is 4.17. The molecule has 1 saturated carbocycles. The van der Waals surface area contributed by atoms with Crippen molar-refractivity contribution in [2.24, 2.45) is 0 Å². The Morgan fingerprint density at radius 1 is 1.41 bits per heavy atom. The van der Waals surface area contributed by atoms with Gasteiger partial charge in [0.1, 0.15) is 5.82 Å². The Hall–Kier alpha value is -0.910. The van der Waals surface area contributed by atoms with Gasteiger partial charge in [0.05, 0.1) is 5.56 Å². The summed E-state index contributed by atoms with van der Waals surface area (Å²) in [5.41, 5.74) is -0.714. The number of anilines is 1. The number of thioether (sulfide) groups is 1. The third-order valence-electron chi connectivity index (χ3n) is 2.92. The first-order valence-electron chi connectivity index (χ1n) is 5.27. The van der Waals surface area contributed by atoms with Crippen LogP contribution in [0.15, 0.2) is 18.3 Å². The third kappa shape index (κ3) is 3.06. The average Bonchev–Trinajstić information content (AvgIpc) is 3.06. The number of alkyl halides is 3. The molecular weight excluding hydrogens is 249 g/mol. The van der Waals surface area contributed by atoms with Crippen LogP contribution in [0.25, 0.3) is 0 Å². The molecule has 0 saturated heterocycles. The van der Waals surface area contributed by atoms with Crippen molar-refractivity contribution >= 4 is 17.6 Å². The highest BCUT2D eigenvalue weighted by atomic mass is 32.2. The number of rotatable bonds is 4. The summed E-state index contributed by atoms with van der Waals surface area (Å²) in [7, 11) is 0. The van der Waals surface area contributed by atoms with Crippen LogP contribution in [-0.2, 0) is 6.18 Å². The molecule has 0 spiro atoms. The lowest BCUT2D eigenvalue weighted by atomic mass is 10.3. The van der Waals surface area contributed by atoms with E-state index in [4.69, 9.17) is 0 Å². The molecular formula is C11H13F3N2S. The van der Waals surface area contributed by atoms with Gasteiger partial charge in [0.2, 0.25) is 0 Å². The Kier molecular flexibility index (Phi) is 3.25. The molecule has 1 heterocycles. The summed E-state index contributed by atoms with van der Waals surface area (Å²) in [6.07, 6.45) is 0.905. The van der Waals surface area contributed by atoms with Crippen LogP contribution in [0.2, 0.25) is 0 Å². The lowest BCUT2D eigenvalue weighted by Gasteiger charge is -2.14. The zero-order valence-corrected chi connectivity index (χ0v) is 10.2. The Labute approximate surface area is 102 Å². The Balaban J connectivity index is 1.94. The highest BCUT2D eigenvalue weighted by Crippen LogP contribution is 2.46. The van der Waals surface area contributed by atoms with Crippen LogP contribution in [0.5, 0.6) is 0 Å². The molecule has 17 heavy (non-hydrogen) atoms. The molecule has 0 radical (unpaired) electrons. The van der Waals surface area contributed by atoms with Crippen molar-refractivity contribution in [3.8, 4) is 0 Å². The number of pyridine rings is 1. The predicted molar refractivity (Wildman–Crippen MR) is 63.2 cm³/mol. The van der Waals surface area contributed by atoms with E-state index in [0.717, 1.165) is 31.6 Å². The van der Waals surface area contributed by atoms with Gasteiger partial charge in [0.15, 0.2) is 0 Å². The first kappa shape index (κ1) is 12.5. The second kappa shape index (κ2) is 4.40. The van der Waals surface area contributed by atoms with Gasteiger partial charge >= 0.3 is 6.18 Å². The van der Waals surface area contributed by atoms with Gasteiger partial charge in [-0.05, 0) is 31.2 Å². The molecule has 1 aliphatic rings. The maximum atomic E-state index is 12.3. The molecule has 2 rings (SSSR count). The van der Waals surface area contributed by atoms with Gasteiger partial charge < -0.3 is 5.32 Å². The van der Waals surface area contributed by atoms with Crippen molar-refractivity contribution in [1.82, 2.24) is 4.98 Å². The molecule has 1 N–H and O–H groups in total. The third-order valence-corrected chi connectivity index (χ3v) is 4.34. The SMILES string of the molecule is CSC1(CNc2ccc(C(F)(F)F)cn2)CC1. The highest BCUT2D eigenvalue weighted by Gasteiger charge is 2.41. The number of nitrogens with one attached hydrogen (secondary N) is 1. The van der Waals surface area contributed by atoms with Crippen molar-refractivity contribution in [3.05, 3.63) is 23.9 Å². The van der Waals surface area contributed by atoms with E-state index < -0.39 is 11.7 Å². The molecule has 1 aromatic rings. The highest BCUT2D eigenvalue weighted by molar-refractivity contribution is 8.00. The fraction of sp³-hybridized carbons (Fsp3) is 0.545. The van der Waals surface area contributed by atoms with E-state index in [0.29, 0.717) is 5.82 Å². The van der Waals surface area contributed by atoms with E-state index in [9.17, 15) is 13.2 Å². The molecule has 2 nitrogen and oxygen atoms in total.